The average molecular weight is 213 g/mol. The van der Waals surface area contributed by atoms with Crippen LogP contribution in [0.5, 0.6) is 0 Å². The van der Waals surface area contributed by atoms with E-state index in [9.17, 15) is 0 Å². The van der Waals surface area contributed by atoms with Crippen molar-refractivity contribution in [2.24, 2.45) is 0 Å². The van der Waals surface area contributed by atoms with Gasteiger partial charge in [-0.05, 0) is 30.0 Å². The van der Waals surface area contributed by atoms with Crippen molar-refractivity contribution in [2.75, 3.05) is 0 Å². The fourth-order valence-corrected chi connectivity index (χ4v) is 2.35. The average Bonchev–Trinajstić information content (AvgIpc) is 2.71. The van der Waals surface area contributed by atoms with Crippen LogP contribution in [0.1, 0.15) is 44.4 Å². The molecule has 0 bridgehead atoms. The molecule has 0 saturated heterocycles. The van der Waals surface area contributed by atoms with Crippen LogP contribution in [-0.4, -0.2) is 4.98 Å². The number of hydrogen-bond donors (Lipinski definition) is 1. The molecular formula is C15H19N. The molecule has 1 nitrogen and oxygen atoms in total. The zero-order chi connectivity index (χ0) is 11.5. The van der Waals surface area contributed by atoms with Crippen LogP contribution in [0.2, 0.25) is 0 Å². The Bertz CT molecular complexity index is 505. The molecule has 1 aromatic carbocycles. The van der Waals surface area contributed by atoms with Crippen molar-refractivity contribution in [1.29, 1.82) is 0 Å². The number of aromatic amines is 1. The van der Waals surface area contributed by atoms with Gasteiger partial charge in [0.2, 0.25) is 0 Å². The maximum Gasteiger partial charge on any atom is 0.0461 e. The first-order valence-corrected chi connectivity index (χ1v) is 6.13. The fourth-order valence-electron chi connectivity index (χ4n) is 2.35. The van der Waals surface area contributed by atoms with Gasteiger partial charge in [-0.1, -0.05) is 45.0 Å². The van der Waals surface area contributed by atoms with E-state index in [1.165, 1.54) is 22.2 Å². The van der Waals surface area contributed by atoms with Gasteiger partial charge in [0.25, 0.3) is 0 Å². The van der Waals surface area contributed by atoms with Gasteiger partial charge in [0.15, 0.2) is 0 Å². The van der Waals surface area contributed by atoms with Crippen molar-refractivity contribution in [2.45, 2.75) is 33.1 Å². The second-order valence-electron chi connectivity index (χ2n) is 4.04. The number of H-pyrrole nitrogens is 1. The van der Waals surface area contributed by atoms with Gasteiger partial charge in [-0.3, -0.25) is 0 Å². The Kier molecular flexibility index (Phi) is 3.14. The number of benzene rings is 1. The Labute approximate surface area is 97.2 Å². The van der Waals surface area contributed by atoms with Crippen LogP contribution in [0.15, 0.2) is 30.3 Å². The third kappa shape index (κ3) is 1.67. The van der Waals surface area contributed by atoms with Crippen LogP contribution in [0, 0.1) is 0 Å². The summed E-state index contributed by atoms with van der Waals surface area (Å²) in [5, 5.41) is 1.39. The number of nitrogens with one attached hydrogen (secondary N) is 1. The van der Waals surface area contributed by atoms with Crippen molar-refractivity contribution in [1.82, 2.24) is 4.98 Å². The van der Waals surface area contributed by atoms with Crippen LogP contribution in [0.3, 0.4) is 0 Å². The fraction of sp³-hybridized carbons (Fsp3) is 0.333. The summed E-state index contributed by atoms with van der Waals surface area (Å²) < 4.78 is 0. The monoisotopic (exact) mass is 213 g/mol. The highest BCUT2D eigenvalue weighted by molar-refractivity contribution is 5.88. The van der Waals surface area contributed by atoms with Crippen molar-refractivity contribution in [3.8, 4) is 0 Å². The first-order chi connectivity index (χ1) is 7.86. The molecule has 0 saturated carbocycles. The van der Waals surface area contributed by atoms with E-state index in [4.69, 9.17) is 0 Å². The highest BCUT2D eigenvalue weighted by atomic mass is 14.7. The predicted molar refractivity (Wildman–Crippen MR) is 71.7 cm³/mol. The summed E-state index contributed by atoms with van der Waals surface area (Å²) in [5.74, 6) is 0.645. The molecule has 1 heterocycles. The molecule has 1 unspecified atom stereocenters. The molecule has 1 aliphatic carbocycles. The minimum Gasteiger partial charge on any atom is -0.355 e. The summed E-state index contributed by atoms with van der Waals surface area (Å²) in [6.07, 6.45) is 5.62. The van der Waals surface area contributed by atoms with Crippen molar-refractivity contribution in [3.05, 3.63) is 41.6 Å². The lowest BCUT2D eigenvalue weighted by Crippen LogP contribution is -1.97. The molecule has 0 spiro atoms. The largest absolute Gasteiger partial charge is 0.355 e. The molecule has 1 aromatic heterocycles. The third-order valence-electron chi connectivity index (χ3n) is 3.04. The van der Waals surface area contributed by atoms with Gasteiger partial charge in [0.1, 0.15) is 0 Å². The van der Waals surface area contributed by atoms with Gasteiger partial charge in [-0.25, -0.2) is 0 Å². The Morgan fingerprint density at radius 1 is 1.19 bits per heavy atom. The molecule has 1 aliphatic rings. The molecule has 1 N–H and O–H groups in total. The Morgan fingerprint density at radius 2 is 1.94 bits per heavy atom. The van der Waals surface area contributed by atoms with Gasteiger partial charge in [0.05, 0.1) is 0 Å². The predicted octanol–water partition coefficient (Wildman–Crippen LogP) is 4.71. The smallest absolute Gasteiger partial charge is 0.0461 e. The highest BCUT2D eigenvalue weighted by Gasteiger charge is 2.17. The quantitative estimate of drug-likeness (QED) is 0.652. The molecule has 1 heteroatoms. The molecule has 16 heavy (non-hydrogen) atoms. The summed E-state index contributed by atoms with van der Waals surface area (Å²) in [7, 11) is 0. The van der Waals surface area contributed by atoms with E-state index in [1.54, 1.807) is 0 Å². The van der Waals surface area contributed by atoms with Crippen molar-refractivity contribution < 1.29 is 0 Å². The maximum atomic E-state index is 3.46. The van der Waals surface area contributed by atoms with Crippen molar-refractivity contribution in [3.63, 3.8) is 0 Å². The number of allylic oxidation sites excluding steroid dienone is 1. The lowest BCUT2D eigenvalue weighted by atomic mass is 9.91. The molecular weight excluding hydrogens is 194 g/mol. The van der Waals surface area contributed by atoms with Crippen LogP contribution in [0.25, 0.3) is 17.0 Å². The van der Waals surface area contributed by atoms with Crippen LogP contribution in [-0.2, 0) is 0 Å². The standard InChI is InChI=1S/C13H13N.C2H6/c1-9-5-4-8-12-13(9)10-6-2-3-7-11(10)14-12;1-2/h2-4,6-9,14H,5H2,1H3;1-2H3. The van der Waals surface area contributed by atoms with Crippen molar-refractivity contribution >= 4 is 17.0 Å². The van der Waals surface area contributed by atoms with E-state index in [-0.39, 0.29) is 0 Å². The summed E-state index contributed by atoms with van der Waals surface area (Å²) in [5.41, 5.74) is 4.05. The summed E-state index contributed by atoms with van der Waals surface area (Å²) >= 11 is 0. The molecule has 84 valence electrons. The second-order valence-corrected chi connectivity index (χ2v) is 4.04. The summed E-state index contributed by atoms with van der Waals surface area (Å²) in [4.78, 5) is 3.46. The molecule has 1 atom stereocenters. The lowest BCUT2D eigenvalue weighted by Gasteiger charge is -2.13. The normalized spacial score (nSPS) is 17.8. The molecule has 0 fully saturated rings. The van der Waals surface area contributed by atoms with Crippen LogP contribution >= 0.6 is 0 Å². The molecule has 2 aromatic rings. The number of hydrogen-bond acceptors (Lipinski definition) is 0. The highest BCUT2D eigenvalue weighted by Crippen LogP contribution is 2.34. The lowest BCUT2D eigenvalue weighted by molar-refractivity contribution is 0.778. The van der Waals surface area contributed by atoms with E-state index < -0.39 is 0 Å². The Morgan fingerprint density at radius 3 is 2.75 bits per heavy atom. The minimum atomic E-state index is 0.645. The molecule has 3 rings (SSSR count). The Hall–Kier alpha value is -1.50. The van der Waals surface area contributed by atoms with E-state index in [1.807, 2.05) is 13.8 Å². The van der Waals surface area contributed by atoms with Crippen LogP contribution in [0.4, 0.5) is 0 Å². The Balaban J connectivity index is 0.000000457. The maximum absolute atomic E-state index is 3.46. The number of rotatable bonds is 0. The zero-order valence-corrected chi connectivity index (χ0v) is 10.2. The van der Waals surface area contributed by atoms with Gasteiger partial charge in [-0.15, -0.1) is 0 Å². The number of aromatic nitrogens is 1. The molecule has 0 amide bonds. The van der Waals surface area contributed by atoms with E-state index in [0.717, 1.165) is 6.42 Å². The van der Waals surface area contributed by atoms with E-state index >= 15 is 0 Å². The van der Waals surface area contributed by atoms with E-state index in [2.05, 4.69) is 48.3 Å². The zero-order valence-electron chi connectivity index (χ0n) is 10.2. The SMILES string of the molecule is CC.CC1CC=Cc2[nH]c3ccccc3c21. The molecule has 0 radical (unpaired) electrons. The number of para-hydroxylation sites is 1. The topological polar surface area (TPSA) is 15.8 Å². The van der Waals surface area contributed by atoms with Gasteiger partial charge in [0, 0.05) is 16.6 Å². The van der Waals surface area contributed by atoms with E-state index in [0.29, 0.717) is 5.92 Å². The van der Waals surface area contributed by atoms with Gasteiger partial charge < -0.3 is 4.98 Å². The summed E-state index contributed by atoms with van der Waals surface area (Å²) in [6.45, 7) is 6.29. The number of fused-ring (bicyclic) bond motifs is 3. The van der Waals surface area contributed by atoms with Gasteiger partial charge in [-0.2, -0.15) is 0 Å². The first kappa shape index (κ1) is 11.0. The second kappa shape index (κ2) is 4.56. The molecule has 0 aliphatic heterocycles. The third-order valence-corrected chi connectivity index (χ3v) is 3.04. The minimum absolute atomic E-state index is 0.645. The van der Waals surface area contributed by atoms with Crippen LogP contribution < -0.4 is 0 Å². The summed E-state index contributed by atoms with van der Waals surface area (Å²) in [6, 6.07) is 8.55. The first-order valence-electron chi connectivity index (χ1n) is 6.13. The van der Waals surface area contributed by atoms with Gasteiger partial charge >= 0.3 is 0 Å².